The number of nitrogens with zero attached hydrogens (tertiary/aromatic N) is 1. The molecule has 0 amide bonds. The van der Waals surface area contributed by atoms with Gasteiger partial charge in [-0.1, -0.05) is 0 Å². The molecule has 2 rings (SSSR count). The summed E-state index contributed by atoms with van der Waals surface area (Å²) in [7, 11) is 1.75. The first-order valence-corrected chi connectivity index (χ1v) is 5.59. The summed E-state index contributed by atoms with van der Waals surface area (Å²) in [4.78, 5) is 2.97. The van der Waals surface area contributed by atoms with E-state index < -0.39 is 0 Å². The minimum Gasteiger partial charge on any atom is -0.390 e. The van der Waals surface area contributed by atoms with Crippen molar-refractivity contribution in [3.05, 3.63) is 16.7 Å². The van der Waals surface area contributed by atoms with E-state index in [0.29, 0.717) is 16.9 Å². The Hall–Kier alpha value is -0.650. The smallest absolute Gasteiger partial charge is 0.177 e. The molecule has 1 heterocycles. The second kappa shape index (κ2) is 4.47. The average molecular weight is 228 g/mol. The van der Waals surface area contributed by atoms with Gasteiger partial charge in [-0.15, -0.1) is 0 Å². The molecule has 4 nitrogen and oxygen atoms in total. The Morgan fingerprint density at radius 1 is 1.67 bits per heavy atom. The first-order chi connectivity index (χ1) is 7.26. The fraction of sp³-hybridized carbons (Fsp3) is 0.700. The summed E-state index contributed by atoms with van der Waals surface area (Å²) in [6.07, 6.45) is 5.23. The lowest BCUT2D eigenvalue weighted by Crippen LogP contribution is -2.11. The third-order valence-electron chi connectivity index (χ3n) is 3.11. The molecule has 1 aromatic rings. The lowest BCUT2D eigenvalue weighted by molar-refractivity contribution is 0.105. The number of rotatable bonds is 3. The van der Waals surface area contributed by atoms with Crippen LogP contribution >= 0.6 is 12.2 Å². The molecule has 0 spiro atoms. The molecule has 1 saturated carbocycles. The number of imidazole rings is 1. The van der Waals surface area contributed by atoms with Gasteiger partial charge < -0.3 is 19.4 Å². The summed E-state index contributed by atoms with van der Waals surface area (Å²) in [5.41, 5.74) is 0.863. The number of H-pyrrole nitrogens is 1. The number of hydrogen-bond donors (Lipinski definition) is 2. The van der Waals surface area contributed by atoms with Gasteiger partial charge in [0.2, 0.25) is 0 Å². The highest BCUT2D eigenvalue weighted by Gasteiger charge is 2.27. The number of methoxy groups -OCH3 is 1. The van der Waals surface area contributed by atoms with Crippen LogP contribution in [0.15, 0.2) is 6.20 Å². The Morgan fingerprint density at radius 2 is 2.47 bits per heavy atom. The molecule has 1 aliphatic rings. The van der Waals surface area contributed by atoms with E-state index in [9.17, 15) is 5.11 Å². The molecular formula is C10H16N2O2S. The van der Waals surface area contributed by atoms with Crippen LogP contribution in [0.25, 0.3) is 0 Å². The monoisotopic (exact) mass is 228 g/mol. The van der Waals surface area contributed by atoms with Gasteiger partial charge in [0.05, 0.1) is 18.4 Å². The van der Waals surface area contributed by atoms with Gasteiger partial charge in [0.25, 0.3) is 0 Å². The fourth-order valence-corrected chi connectivity index (χ4v) is 2.63. The summed E-state index contributed by atoms with van der Waals surface area (Å²) in [6.45, 7) is 0.0291. The normalized spacial score (nSPS) is 26.0. The topological polar surface area (TPSA) is 50.2 Å². The zero-order valence-electron chi connectivity index (χ0n) is 8.77. The molecule has 2 unspecified atom stereocenters. The largest absolute Gasteiger partial charge is 0.390 e. The van der Waals surface area contributed by atoms with E-state index in [1.54, 1.807) is 13.3 Å². The maximum atomic E-state index is 9.20. The van der Waals surface area contributed by atoms with E-state index in [2.05, 4.69) is 4.98 Å². The first-order valence-electron chi connectivity index (χ1n) is 5.18. The molecule has 0 saturated heterocycles. The molecule has 15 heavy (non-hydrogen) atoms. The standard InChI is InChI=1S/C10H16N2O2S/c1-14-9-3-2-7(4-9)12-8(6-13)5-11-10(12)15/h5,7,9,13H,2-4,6H2,1H3,(H,11,15). The van der Waals surface area contributed by atoms with E-state index in [1.807, 2.05) is 4.57 Å². The molecule has 2 N–H and O–H groups in total. The van der Waals surface area contributed by atoms with Crippen LogP contribution in [0, 0.1) is 4.77 Å². The van der Waals surface area contributed by atoms with Crippen LogP contribution in [0.4, 0.5) is 0 Å². The summed E-state index contributed by atoms with van der Waals surface area (Å²) < 4.78 is 8.05. The van der Waals surface area contributed by atoms with Crippen molar-refractivity contribution >= 4 is 12.2 Å². The highest BCUT2D eigenvalue weighted by Crippen LogP contribution is 2.32. The van der Waals surface area contributed by atoms with Crippen molar-refractivity contribution < 1.29 is 9.84 Å². The van der Waals surface area contributed by atoms with Crippen molar-refractivity contribution in [2.45, 2.75) is 38.0 Å². The predicted octanol–water partition coefficient (Wildman–Crippen LogP) is 1.78. The second-order valence-corrected chi connectivity index (χ2v) is 4.32. The molecule has 0 bridgehead atoms. The zero-order chi connectivity index (χ0) is 10.8. The van der Waals surface area contributed by atoms with Crippen LogP contribution in [0.1, 0.15) is 31.0 Å². The average Bonchev–Trinajstić information content (AvgIpc) is 2.83. The molecule has 84 valence electrons. The molecule has 0 aliphatic heterocycles. The summed E-state index contributed by atoms with van der Waals surface area (Å²) >= 11 is 5.21. The molecule has 1 aromatic heterocycles. The maximum absolute atomic E-state index is 9.20. The van der Waals surface area contributed by atoms with Crippen LogP contribution in [-0.2, 0) is 11.3 Å². The van der Waals surface area contributed by atoms with Gasteiger partial charge in [0.15, 0.2) is 4.77 Å². The molecule has 5 heteroatoms. The number of aliphatic hydroxyl groups is 1. The van der Waals surface area contributed by atoms with Crippen molar-refractivity contribution in [2.75, 3.05) is 7.11 Å². The Bertz CT molecular complexity index is 385. The minimum atomic E-state index is 0.0291. The van der Waals surface area contributed by atoms with Crippen molar-refractivity contribution in [1.82, 2.24) is 9.55 Å². The number of aromatic amines is 1. The summed E-state index contributed by atoms with van der Waals surface area (Å²) in [6, 6.07) is 0.371. The number of aliphatic hydroxyl groups excluding tert-OH is 1. The number of ether oxygens (including phenoxy) is 1. The van der Waals surface area contributed by atoms with Gasteiger partial charge in [-0.25, -0.2) is 0 Å². The third-order valence-corrected chi connectivity index (χ3v) is 3.42. The zero-order valence-corrected chi connectivity index (χ0v) is 9.59. The quantitative estimate of drug-likeness (QED) is 0.775. The fourth-order valence-electron chi connectivity index (χ4n) is 2.30. The van der Waals surface area contributed by atoms with Crippen LogP contribution in [0.5, 0.6) is 0 Å². The molecule has 2 atom stereocenters. The minimum absolute atomic E-state index is 0.0291. The van der Waals surface area contributed by atoms with Crippen molar-refractivity contribution in [3.63, 3.8) is 0 Å². The van der Waals surface area contributed by atoms with E-state index >= 15 is 0 Å². The van der Waals surface area contributed by atoms with Gasteiger partial charge in [0, 0.05) is 19.3 Å². The third kappa shape index (κ3) is 2.00. The maximum Gasteiger partial charge on any atom is 0.177 e. The van der Waals surface area contributed by atoms with Crippen LogP contribution in [0.3, 0.4) is 0 Å². The van der Waals surface area contributed by atoms with E-state index in [1.165, 1.54) is 0 Å². The van der Waals surface area contributed by atoms with Gasteiger partial charge in [-0.2, -0.15) is 0 Å². The molecule has 1 fully saturated rings. The van der Waals surface area contributed by atoms with Gasteiger partial charge in [0.1, 0.15) is 0 Å². The summed E-state index contributed by atoms with van der Waals surface area (Å²) in [5, 5.41) is 9.20. The summed E-state index contributed by atoms with van der Waals surface area (Å²) in [5.74, 6) is 0. The predicted molar refractivity (Wildman–Crippen MR) is 59.2 cm³/mol. The lowest BCUT2D eigenvalue weighted by Gasteiger charge is -2.14. The Balaban J connectivity index is 2.22. The highest BCUT2D eigenvalue weighted by atomic mass is 32.1. The van der Waals surface area contributed by atoms with Crippen molar-refractivity contribution in [3.8, 4) is 0 Å². The van der Waals surface area contributed by atoms with Gasteiger partial charge in [-0.05, 0) is 31.5 Å². The Kier molecular flexibility index (Phi) is 3.23. The van der Waals surface area contributed by atoms with Gasteiger partial charge in [-0.3, -0.25) is 0 Å². The molecular weight excluding hydrogens is 212 g/mol. The first kappa shape index (κ1) is 10.9. The Morgan fingerprint density at radius 3 is 3.07 bits per heavy atom. The van der Waals surface area contributed by atoms with E-state index in [-0.39, 0.29) is 6.61 Å². The highest BCUT2D eigenvalue weighted by molar-refractivity contribution is 7.71. The number of hydrogen-bond acceptors (Lipinski definition) is 3. The molecule has 0 radical (unpaired) electrons. The van der Waals surface area contributed by atoms with Crippen molar-refractivity contribution in [1.29, 1.82) is 0 Å². The van der Waals surface area contributed by atoms with Gasteiger partial charge >= 0.3 is 0 Å². The molecule has 0 aromatic carbocycles. The molecule has 1 aliphatic carbocycles. The lowest BCUT2D eigenvalue weighted by atomic mass is 10.2. The Labute approximate surface area is 93.9 Å². The van der Waals surface area contributed by atoms with Crippen LogP contribution in [0.2, 0.25) is 0 Å². The number of nitrogens with one attached hydrogen (secondary N) is 1. The second-order valence-electron chi connectivity index (χ2n) is 3.94. The van der Waals surface area contributed by atoms with E-state index in [0.717, 1.165) is 25.0 Å². The van der Waals surface area contributed by atoms with Crippen LogP contribution < -0.4 is 0 Å². The number of aromatic nitrogens is 2. The van der Waals surface area contributed by atoms with E-state index in [4.69, 9.17) is 17.0 Å². The SMILES string of the molecule is COC1CCC(n2c(CO)c[nH]c2=S)C1. The van der Waals surface area contributed by atoms with Crippen LogP contribution in [-0.4, -0.2) is 27.9 Å². The van der Waals surface area contributed by atoms with Crippen molar-refractivity contribution in [2.24, 2.45) is 0 Å².